The van der Waals surface area contributed by atoms with Crippen molar-refractivity contribution < 1.29 is 18.9 Å². The van der Waals surface area contributed by atoms with Gasteiger partial charge in [0.1, 0.15) is 5.82 Å². The van der Waals surface area contributed by atoms with Gasteiger partial charge in [0.25, 0.3) is 0 Å². The minimum Gasteiger partial charge on any atom is -0.356 e. The number of amides is 2. The van der Waals surface area contributed by atoms with Crippen molar-refractivity contribution in [3.05, 3.63) is 29.0 Å². The molecule has 1 aromatic rings. The molecule has 0 spiro atoms. The molecule has 0 aromatic heterocycles. The number of anilines is 1. The zero-order valence-corrected chi connectivity index (χ0v) is 16.5. The third-order valence-electron chi connectivity index (χ3n) is 5.58. The molecule has 2 amide bonds. The summed E-state index contributed by atoms with van der Waals surface area (Å²) in [5.41, 5.74) is 0.532. The number of nitrogens with one attached hydrogen (secondary N) is 2. The van der Waals surface area contributed by atoms with Crippen LogP contribution in [-0.2, 0) is 9.59 Å². The second-order valence-corrected chi connectivity index (χ2v) is 8.26. The van der Waals surface area contributed by atoms with Gasteiger partial charge in [-0.3, -0.25) is 9.59 Å². The van der Waals surface area contributed by atoms with Gasteiger partial charge in [-0.05, 0) is 31.0 Å². The highest BCUT2D eigenvalue weighted by Gasteiger charge is 2.35. The van der Waals surface area contributed by atoms with Crippen molar-refractivity contribution in [2.45, 2.75) is 32.6 Å². The van der Waals surface area contributed by atoms with Crippen LogP contribution in [0.15, 0.2) is 18.2 Å². The first-order valence-electron chi connectivity index (χ1n) is 9.80. The van der Waals surface area contributed by atoms with Gasteiger partial charge in [-0.25, -0.2) is 4.39 Å². The number of quaternary nitrogens is 1. The van der Waals surface area contributed by atoms with Crippen LogP contribution in [0.4, 0.5) is 10.1 Å². The van der Waals surface area contributed by atoms with Crippen molar-refractivity contribution >= 4 is 29.1 Å². The number of halogens is 2. The van der Waals surface area contributed by atoms with Crippen molar-refractivity contribution in [3.8, 4) is 0 Å². The lowest BCUT2D eigenvalue weighted by Gasteiger charge is -2.27. The van der Waals surface area contributed by atoms with E-state index in [1.54, 1.807) is 4.90 Å². The van der Waals surface area contributed by atoms with Crippen LogP contribution < -0.4 is 15.1 Å². The molecule has 2 aliphatic rings. The van der Waals surface area contributed by atoms with Crippen LogP contribution in [0.1, 0.15) is 32.6 Å². The monoisotopic (exact) mass is 396 g/mol. The average molecular weight is 397 g/mol. The average Bonchev–Trinajstić information content (AvgIpc) is 3.03. The Labute approximate surface area is 164 Å². The molecule has 0 bridgehead atoms. The SMILES string of the molecule is CC1CCC[NH+](CCCNC(=O)C2CC(=O)N(c3ccc(F)c(Cl)c3)C2)C1. The number of rotatable bonds is 6. The molecule has 3 unspecified atom stereocenters. The maximum atomic E-state index is 13.3. The van der Waals surface area contributed by atoms with E-state index in [-0.39, 0.29) is 29.2 Å². The molecule has 2 saturated heterocycles. The highest BCUT2D eigenvalue weighted by atomic mass is 35.5. The molecule has 0 aliphatic carbocycles. The predicted octanol–water partition coefficient (Wildman–Crippen LogP) is 1.65. The summed E-state index contributed by atoms with van der Waals surface area (Å²) >= 11 is 5.80. The van der Waals surface area contributed by atoms with Crippen molar-refractivity contribution in [1.29, 1.82) is 0 Å². The highest BCUT2D eigenvalue weighted by Crippen LogP contribution is 2.28. The third-order valence-corrected chi connectivity index (χ3v) is 5.87. The fourth-order valence-corrected chi connectivity index (χ4v) is 4.28. The number of benzene rings is 1. The van der Waals surface area contributed by atoms with E-state index < -0.39 is 5.82 Å². The summed E-state index contributed by atoms with van der Waals surface area (Å²) in [4.78, 5) is 27.8. The smallest absolute Gasteiger partial charge is 0.227 e. The molecule has 7 heteroatoms. The second-order valence-electron chi connectivity index (χ2n) is 7.85. The molecular formula is C20H28ClFN3O2+. The first-order valence-corrected chi connectivity index (χ1v) is 10.2. The van der Waals surface area contributed by atoms with Crippen LogP contribution in [0.5, 0.6) is 0 Å². The molecule has 2 heterocycles. The normalized spacial score (nSPS) is 25.7. The molecule has 1 aromatic carbocycles. The van der Waals surface area contributed by atoms with Crippen molar-refractivity contribution in [1.82, 2.24) is 5.32 Å². The fourth-order valence-electron chi connectivity index (χ4n) is 4.10. The topological polar surface area (TPSA) is 53.9 Å². The zero-order chi connectivity index (χ0) is 19.4. The quantitative estimate of drug-likeness (QED) is 0.718. The molecule has 3 atom stereocenters. The van der Waals surface area contributed by atoms with E-state index in [2.05, 4.69) is 12.2 Å². The summed E-state index contributed by atoms with van der Waals surface area (Å²) in [6.45, 7) is 6.78. The number of likely N-dealkylation sites (tertiary alicyclic amines) is 1. The van der Waals surface area contributed by atoms with Crippen LogP contribution >= 0.6 is 11.6 Å². The van der Waals surface area contributed by atoms with Gasteiger partial charge in [-0.1, -0.05) is 18.5 Å². The Kier molecular flexibility index (Phi) is 6.71. The van der Waals surface area contributed by atoms with Crippen LogP contribution in [0.2, 0.25) is 5.02 Å². The Morgan fingerprint density at radius 1 is 1.44 bits per heavy atom. The lowest BCUT2D eigenvalue weighted by atomic mass is 10.0. The summed E-state index contributed by atoms with van der Waals surface area (Å²) in [5.74, 6) is -0.320. The molecule has 2 aliphatic heterocycles. The number of nitrogens with zero attached hydrogens (tertiary/aromatic N) is 1. The maximum absolute atomic E-state index is 13.3. The van der Waals surface area contributed by atoms with Gasteiger partial charge in [0.05, 0.1) is 30.6 Å². The summed E-state index contributed by atoms with van der Waals surface area (Å²) < 4.78 is 13.3. The second kappa shape index (κ2) is 9.02. The molecule has 0 saturated carbocycles. The molecule has 3 rings (SSSR count). The molecule has 27 heavy (non-hydrogen) atoms. The molecule has 0 radical (unpaired) electrons. The van der Waals surface area contributed by atoms with Gasteiger partial charge in [0, 0.05) is 37.5 Å². The summed E-state index contributed by atoms with van der Waals surface area (Å²) in [6.07, 6.45) is 3.74. The lowest BCUT2D eigenvalue weighted by molar-refractivity contribution is -0.908. The third kappa shape index (κ3) is 5.20. The number of carbonyl (C=O) groups is 2. The maximum Gasteiger partial charge on any atom is 0.227 e. The summed E-state index contributed by atoms with van der Waals surface area (Å²) in [7, 11) is 0. The zero-order valence-electron chi connectivity index (χ0n) is 15.8. The lowest BCUT2D eigenvalue weighted by Crippen LogP contribution is -3.13. The summed E-state index contributed by atoms with van der Waals surface area (Å²) in [5, 5.41) is 2.95. The fraction of sp³-hybridized carbons (Fsp3) is 0.600. The van der Waals surface area contributed by atoms with E-state index in [1.807, 2.05) is 0 Å². The van der Waals surface area contributed by atoms with Gasteiger partial charge >= 0.3 is 0 Å². The molecular weight excluding hydrogens is 369 g/mol. The first kappa shape index (κ1) is 20.1. The number of hydrogen-bond acceptors (Lipinski definition) is 2. The van der Waals surface area contributed by atoms with Crippen LogP contribution in [0.3, 0.4) is 0 Å². The van der Waals surface area contributed by atoms with Crippen LogP contribution in [0.25, 0.3) is 0 Å². The van der Waals surface area contributed by atoms with E-state index in [9.17, 15) is 14.0 Å². The van der Waals surface area contributed by atoms with Crippen LogP contribution in [0, 0.1) is 17.7 Å². The number of carbonyl (C=O) groups excluding carboxylic acids is 2. The number of hydrogen-bond donors (Lipinski definition) is 2. The van der Waals surface area contributed by atoms with E-state index >= 15 is 0 Å². The standard InChI is InChI=1S/C20H27ClFN3O2/c1-14-4-2-8-24(12-14)9-3-7-23-20(27)15-10-19(26)25(13-15)16-5-6-18(22)17(21)11-16/h5-6,11,14-15H,2-4,7-10,12-13H2,1H3,(H,23,27)/p+1. The Morgan fingerprint density at radius 2 is 2.26 bits per heavy atom. The van der Waals surface area contributed by atoms with Gasteiger partial charge in [-0.2, -0.15) is 0 Å². The molecule has 5 nitrogen and oxygen atoms in total. The molecule has 2 fully saturated rings. The van der Waals surface area contributed by atoms with Gasteiger partial charge < -0.3 is 15.1 Å². The van der Waals surface area contributed by atoms with Crippen molar-refractivity contribution in [3.63, 3.8) is 0 Å². The molecule has 148 valence electrons. The Hall–Kier alpha value is -1.66. The minimum absolute atomic E-state index is 0.0252. The van der Waals surface area contributed by atoms with Gasteiger partial charge in [0.2, 0.25) is 11.8 Å². The largest absolute Gasteiger partial charge is 0.356 e. The Balaban J connectivity index is 1.44. The summed E-state index contributed by atoms with van der Waals surface area (Å²) in [6, 6.07) is 4.18. The van der Waals surface area contributed by atoms with Crippen LogP contribution in [-0.4, -0.2) is 44.5 Å². The Morgan fingerprint density at radius 3 is 3.00 bits per heavy atom. The van der Waals surface area contributed by atoms with Gasteiger partial charge in [-0.15, -0.1) is 0 Å². The predicted molar refractivity (Wildman–Crippen MR) is 103 cm³/mol. The Bertz CT molecular complexity index is 700. The van der Waals surface area contributed by atoms with Gasteiger partial charge in [0.15, 0.2) is 0 Å². The highest BCUT2D eigenvalue weighted by molar-refractivity contribution is 6.31. The van der Waals surface area contributed by atoms with E-state index in [0.29, 0.717) is 18.8 Å². The van der Waals surface area contributed by atoms with E-state index in [4.69, 9.17) is 11.6 Å². The van der Waals surface area contributed by atoms with Crippen molar-refractivity contribution in [2.75, 3.05) is 37.6 Å². The minimum atomic E-state index is -0.522. The molecule has 2 N–H and O–H groups in total. The van der Waals surface area contributed by atoms with Crippen molar-refractivity contribution in [2.24, 2.45) is 11.8 Å². The number of piperidine rings is 1. The van der Waals surface area contributed by atoms with E-state index in [1.165, 1.54) is 49.0 Å². The first-order chi connectivity index (χ1) is 12.9. The van der Waals surface area contributed by atoms with E-state index in [0.717, 1.165) is 18.9 Å².